The molecule has 0 unspecified atom stereocenters. The van der Waals surface area contributed by atoms with Crippen molar-refractivity contribution in [3.63, 3.8) is 0 Å². The minimum Gasteiger partial charge on any atom is -0.478 e. The molecule has 3 N–H and O–H groups in total. The third-order valence-electron chi connectivity index (χ3n) is 5.48. The Balaban J connectivity index is 1.43. The standard InChI is InChI=1S/C25H21N5O3S/c1-15-11-17(13-19(12-15)27-24-28-21-5-3-4-10-30(21)29-24)20-14-26-23(34-20)25(2,33)18-8-6-16(7-9-18)22(31)32/h3-14,33H,1-2H3,(H,27,29)(H,31,32)/t25-/m0/s1. The molecule has 170 valence electrons. The summed E-state index contributed by atoms with van der Waals surface area (Å²) in [7, 11) is 0. The van der Waals surface area contributed by atoms with Crippen LogP contribution in [0, 0.1) is 6.92 Å². The molecule has 3 aromatic heterocycles. The van der Waals surface area contributed by atoms with Crippen LogP contribution in [0.15, 0.2) is 73.1 Å². The van der Waals surface area contributed by atoms with Crippen LogP contribution < -0.4 is 5.32 Å². The minimum atomic E-state index is -1.36. The lowest BCUT2D eigenvalue weighted by atomic mass is 9.96. The van der Waals surface area contributed by atoms with E-state index in [0.29, 0.717) is 16.5 Å². The Bertz CT molecular complexity index is 1470. The average Bonchev–Trinajstić information content (AvgIpc) is 3.46. The summed E-state index contributed by atoms with van der Waals surface area (Å²) in [6.45, 7) is 3.66. The van der Waals surface area contributed by atoms with Gasteiger partial charge in [-0.25, -0.2) is 14.3 Å². The van der Waals surface area contributed by atoms with Crippen molar-refractivity contribution >= 4 is 34.6 Å². The van der Waals surface area contributed by atoms with Gasteiger partial charge in [0, 0.05) is 18.1 Å². The second-order valence-corrected chi connectivity index (χ2v) is 9.17. The molecule has 34 heavy (non-hydrogen) atoms. The molecular weight excluding hydrogens is 450 g/mol. The number of aromatic carboxylic acids is 1. The number of fused-ring (bicyclic) bond motifs is 1. The predicted molar refractivity (Wildman–Crippen MR) is 131 cm³/mol. The predicted octanol–water partition coefficient (Wildman–Crippen LogP) is 4.86. The van der Waals surface area contributed by atoms with Crippen LogP contribution in [-0.2, 0) is 5.60 Å². The Morgan fingerprint density at radius 1 is 1.12 bits per heavy atom. The molecule has 0 saturated carbocycles. The van der Waals surface area contributed by atoms with E-state index in [1.54, 1.807) is 29.8 Å². The summed E-state index contributed by atoms with van der Waals surface area (Å²) in [5.41, 5.74) is 2.98. The van der Waals surface area contributed by atoms with Crippen LogP contribution in [0.25, 0.3) is 16.1 Å². The van der Waals surface area contributed by atoms with E-state index >= 15 is 0 Å². The van der Waals surface area contributed by atoms with Crippen molar-refractivity contribution < 1.29 is 15.0 Å². The fraction of sp³-hybridized carbons (Fsp3) is 0.120. The van der Waals surface area contributed by atoms with Crippen LogP contribution in [0.5, 0.6) is 0 Å². The molecule has 0 spiro atoms. The van der Waals surface area contributed by atoms with Gasteiger partial charge >= 0.3 is 5.97 Å². The zero-order valence-electron chi connectivity index (χ0n) is 18.4. The van der Waals surface area contributed by atoms with Crippen LogP contribution in [0.3, 0.4) is 0 Å². The number of hydrogen-bond acceptors (Lipinski definition) is 7. The molecule has 0 radical (unpaired) electrons. The molecule has 9 heteroatoms. The van der Waals surface area contributed by atoms with Crippen molar-refractivity contribution in [1.29, 1.82) is 0 Å². The molecule has 2 aromatic carbocycles. The maximum absolute atomic E-state index is 11.2. The molecular formula is C25H21N5O3S. The Hall–Kier alpha value is -4.08. The summed E-state index contributed by atoms with van der Waals surface area (Å²) in [6.07, 6.45) is 3.58. The number of carboxylic acid groups (broad SMARTS) is 1. The highest BCUT2D eigenvalue weighted by atomic mass is 32.1. The second-order valence-electron chi connectivity index (χ2n) is 8.14. The van der Waals surface area contributed by atoms with Crippen molar-refractivity contribution in [2.45, 2.75) is 19.4 Å². The molecule has 0 amide bonds. The largest absolute Gasteiger partial charge is 0.478 e. The van der Waals surface area contributed by atoms with Crippen LogP contribution >= 0.6 is 11.3 Å². The quantitative estimate of drug-likeness (QED) is 0.324. The first-order valence-corrected chi connectivity index (χ1v) is 11.3. The van der Waals surface area contributed by atoms with Gasteiger partial charge in [-0.1, -0.05) is 24.3 Å². The lowest BCUT2D eigenvalue weighted by Gasteiger charge is -2.21. The molecule has 0 aliphatic heterocycles. The summed E-state index contributed by atoms with van der Waals surface area (Å²) < 4.78 is 1.71. The number of pyridine rings is 1. The van der Waals surface area contributed by atoms with Gasteiger partial charge in [0.15, 0.2) is 5.65 Å². The number of carbonyl (C=O) groups is 1. The first kappa shape index (κ1) is 21.7. The first-order chi connectivity index (χ1) is 16.3. The van der Waals surface area contributed by atoms with Gasteiger partial charge in [-0.05, 0) is 66.9 Å². The number of nitrogens with zero attached hydrogens (tertiary/aromatic N) is 4. The number of carboxylic acids is 1. The monoisotopic (exact) mass is 471 g/mol. The number of rotatable bonds is 6. The van der Waals surface area contributed by atoms with Crippen molar-refractivity contribution in [2.24, 2.45) is 0 Å². The maximum Gasteiger partial charge on any atom is 0.335 e. The number of aryl methyl sites for hydroxylation is 1. The number of benzene rings is 2. The van der Waals surface area contributed by atoms with Gasteiger partial charge in [0.05, 0.1) is 10.4 Å². The zero-order valence-corrected chi connectivity index (χ0v) is 19.2. The van der Waals surface area contributed by atoms with Gasteiger partial charge in [0.2, 0.25) is 5.95 Å². The normalized spacial score (nSPS) is 13.0. The summed E-state index contributed by atoms with van der Waals surface area (Å²) in [5.74, 6) is -0.508. The van der Waals surface area contributed by atoms with Gasteiger partial charge in [0.25, 0.3) is 0 Å². The number of aromatic nitrogens is 4. The lowest BCUT2D eigenvalue weighted by Crippen LogP contribution is -2.22. The minimum absolute atomic E-state index is 0.166. The summed E-state index contributed by atoms with van der Waals surface area (Å²) >= 11 is 1.39. The number of anilines is 2. The van der Waals surface area contributed by atoms with Crippen molar-refractivity contribution in [2.75, 3.05) is 5.32 Å². The van der Waals surface area contributed by atoms with Crippen molar-refractivity contribution in [3.05, 3.63) is 94.8 Å². The zero-order chi connectivity index (χ0) is 23.9. The van der Waals surface area contributed by atoms with Crippen molar-refractivity contribution in [3.8, 4) is 10.4 Å². The first-order valence-electron chi connectivity index (χ1n) is 10.5. The highest BCUT2D eigenvalue weighted by molar-refractivity contribution is 7.15. The van der Waals surface area contributed by atoms with Crippen LogP contribution in [0.4, 0.5) is 11.6 Å². The number of thiazole rings is 1. The van der Waals surface area contributed by atoms with E-state index in [4.69, 9.17) is 5.11 Å². The number of hydrogen-bond donors (Lipinski definition) is 3. The van der Waals surface area contributed by atoms with Gasteiger partial charge in [-0.2, -0.15) is 4.98 Å². The molecule has 0 fully saturated rings. The van der Waals surface area contributed by atoms with E-state index in [-0.39, 0.29) is 5.56 Å². The summed E-state index contributed by atoms with van der Waals surface area (Å²) in [6, 6.07) is 17.9. The molecule has 1 atom stereocenters. The number of nitrogens with one attached hydrogen (secondary N) is 1. The third-order valence-corrected chi connectivity index (χ3v) is 6.73. The van der Waals surface area contributed by atoms with E-state index in [1.165, 1.54) is 23.5 Å². The molecule has 8 nitrogen and oxygen atoms in total. The van der Waals surface area contributed by atoms with Crippen LogP contribution in [-0.4, -0.2) is 35.8 Å². The van der Waals surface area contributed by atoms with Crippen LogP contribution in [0.2, 0.25) is 0 Å². The summed E-state index contributed by atoms with van der Waals surface area (Å²) in [4.78, 5) is 21.0. The van der Waals surface area contributed by atoms with E-state index in [9.17, 15) is 9.90 Å². The van der Waals surface area contributed by atoms with Crippen LogP contribution in [0.1, 0.15) is 33.4 Å². The topological polar surface area (TPSA) is 113 Å². The lowest BCUT2D eigenvalue weighted by molar-refractivity contribution is 0.0695. The number of aliphatic hydroxyl groups is 1. The van der Waals surface area contributed by atoms with Gasteiger partial charge in [-0.3, -0.25) is 0 Å². The average molecular weight is 472 g/mol. The van der Waals surface area contributed by atoms with Crippen molar-refractivity contribution in [1.82, 2.24) is 19.6 Å². The Kier molecular flexibility index (Phi) is 5.35. The van der Waals surface area contributed by atoms with Gasteiger partial charge in [-0.15, -0.1) is 16.4 Å². The second kappa shape index (κ2) is 8.36. The fourth-order valence-electron chi connectivity index (χ4n) is 3.70. The molecule has 5 rings (SSSR count). The Labute approximate surface area is 199 Å². The van der Waals surface area contributed by atoms with Gasteiger partial charge < -0.3 is 15.5 Å². The molecule has 0 aliphatic carbocycles. The molecule has 0 bridgehead atoms. The Morgan fingerprint density at radius 3 is 2.65 bits per heavy atom. The molecule has 0 saturated heterocycles. The third kappa shape index (κ3) is 4.14. The summed E-state index contributed by atoms with van der Waals surface area (Å²) in [5, 5.41) is 28.5. The fourth-order valence-corrected chi connectivity index (χ4v) is 4.68. The van der Waals surface area contributed by atoms with Gasteiger partial charge in [0.1, 0.15) is 10.6 Å². The molecule has 3 heterocycles. The van der Waals surface area contributed by atoms with E-state index in [0.717, 1.165) is 27.3 Å². The van der Waals surface area contributed by atoms with E-state index in [1.807, 2.05) is 43.5 Å². The highest BCUT2D eigenvalue weighted by Gasteiger charge is 2.29. The highest BCUT2D eigenvalue weighted by Crippen LogP contribution is 2.37. The Morgan fingerprint density at radius 2 is 1.91 bits per heavy atom. The smallest absolute Gasteiger partial charge is 0.335 e. The van der Waals surface area contributed by atoms with E-state index < -0.39 is 11.6 Å². The molecule has 0 aliphatic rings. The maximum atomic E-state index is 11.2. The molecule has 5 aromatic rings. The SMILES string of the molecule is Cc1cc(Nc2nc3ccccn3n2)cc(-c2cnc([C@@](C)(O)c3ccc(C(=O)O)cc3)s2)c1. The van der Waals surface area contributed by atoms with E-state index in [2.05, 4.69) is 26.4 Å².